The van der Waals surface area contributed by atoms with Gasteiger partial charge in [-0.1, -0.05) is 15.9 Å². The number of aromatic nitrogens is 2. The quantitative estimate of drug-likeness (QED) is 0.570. The van der Waals surface area contributed by atoms with Gasteiger partial charge in [0, 0.05) is 55.2 Å². The van der Waals surface area contributed by atoms with Crippen molar-refractivity contribution in [3.05, 3.63) is 53.0 Å². The molecule has 8 nitrogen and oxygen atoms in total. The first-order valence-corrected chi connectivity index (χ1v) is 11.5. The summed E-state index contributed by atoms with van der Waals surface area (Å²) in [6, 6.07) is 9.71. The molecule has 1 fully saturated rings. The topological polar surface area (TPSA) is 98.7 Å². The Morgan fingerprint density at radius 3 is 2.36 bits per heavy atom. The van der Waals surface area contributed by atoms with Gasteiger partial charge in [-0.2, -0.15) is 9.79 Å². The van der Waals surface area contributed by atoms with Gasteiger partial charge in [-0.3, -0.25) is 0 Å². The molecule has 3 rings (SSSR count). The van der Waals surface area contributed by atoms with E-state index in [1.165, 1.54) is 4.31 Å². The van der Waals surface area contributed by atoms with Gasteiger partial charge >= 0.3 is 0 Å². The first kappa shape index (κ1) is 21.1. The third-order valence-electron chi connectivity index (χ3n) is 4.78. The van der Waals surface area contributed by atoms with Gasteiger partial charge in [0.2, 0.25) is 10.0 Å². The minimum Gasteiger partial charge on any atom is -0.369 e. The summed E-state index contributed by atoms with van der Waals surface area (Å²) in [4.78, 5) is 10.4. The molecular formula is C18H24BrN5O3S. The molecule has 1 atom stereocenters. The van der Waals surface area contributed by atoms with Crippen molar-refractivity contribution in [2.45, 2.75) is 24.6 Å². The van der Waals surface area contributed by atoms with Crippen LogP contribution in [0.5, 0.6) is 0 Å². The van der Waals surface area contributed by atoms with Crippen LogP contribution in [0.3, 0.4) is 0 Å². The molecule has 152 valence electrons. The van der Waals surface area contributed by atoms with Gasteiger partial charge in [0.25, 0.3) is 0 Å². The number of hydroxylamine groups is 1. The number of benzene rings is 1. The Kier molecular flexibility index (Phi) is 7.36. The molecule has 2 N–H and O–H groups in total. The fourth-order valence-electron chi connectivity index (χ4n) is 3.22. The molecule has 28 heavy (non-hydrogen) atoms. The lowest BCUT2D eigenvalue weighted by Gasteiger charge is -2.36. The predicted octanol–water partition coefficient (Wildman–Crippen LogP) is 2.02. The zero-order valence-corrected chi connectivity index (χ0v) is 17.8. The summed E-state index contributed by atoms with van der Waals surface area (Å²) < 4.78 is 28.3. The van der Waals surface area contributed by atoms with E-state index in [4.69, 9.17) is 0 Å². The van der Waals surface area contributed by atoms with E-state index in [2.05, 4.69) is 30.8 Å². The van der Waals surface area contributed by atoms with Crippen LogP contribution in [-0.4, -0.2) is 59.5 Å². The van der Waals surface area contributed by atoms with E-state index in [1.54, 1.807) is 18.5 Å². The van der Waals surface area contributed by atoms with Gasteiger partial charge in [0.15, 0.2) is 0 Å². The lowest BCUT2D eigenvalue weighted by atomic mass is 10.2. The van der Waals surface area contributed by atoms with Crippen LogP contribution in [-0.2, 0) is 16.4 Å². The maximum Gasteiger partial charge on any atom is 0.232 e. The van der Waals surface area contributed by atoms with Crippen molar-refractivity contribution in [3.63, 3.8) is 0 Å². The highest BCUT2D eigenvalue weighted by atomic mass is 79.9. The fourth-order valence-corrected chi connectivity index (χ4v) is 5.11. The van der Waals surface area contributed by atoms with Crippen molar-refractivity contribution in [3.8, 4) is 0 Å². The Bertz CT molecular complexity index is 843. The zero-order chi connectivity index (χ0) is 20.0. The zero-order valence-electron chi connectivity index (χ0n) is 15.4. The van der Waals surface area contributed by atoms with Crippen LogP contribution in [0.1, 0.15) is 18.7 Å². The summed E-state index contributed by atoms with van der Waals surface area (Å²) in [6.45, 7) is 1.99. The maximum absolute atomic E-state index is 12.9. The van der Waals surface area contributed by atoms with Gasteiger partial charge in [0.05, 0.1) is 0 Å². The van der Waals surface area contributed by atoms with Crippen molar-refractivity contribution in [2.24, 2.45) is 0 Å². The van der Waals surface area contributed by atoms with Crippen molar-refractivity contribution in [1.82, 2.24) is 19.8 Å². The molecule has 2 aromatic rings. The summed E-state index contributed by atoms with van der Waals surface area (Å²) in [5.41, 5.74) is 3.06. The van der Waals surface area contributed by atoms with E-state index >= 15 is 0 Å². The first-order valence-electron chi connectivity index (χ1n) is 9.15. The second-order valence-electron chi connectivity index (χ2n) is 6.58. The molecule has 2 heterocycles. The fraction of sp³-hybridized carbons (Fsp3) is 0.444. The van der Waals surface area contributed by atoms with E-state index in [0.29, 0.717) is 44.8 Å². The van der Waals surface area contributed by atoms with Crippen molar-refractivity contribution in [1.29, 1.82) is 0 Å². The SMILES string of the molecule is O=S(=O)(C(CCCc1ncccn1)NO)N1CCN(c2ccc(Br)cc2)CC1. The molecule has 0 bridgehead atoms. The molecule has 0 amide bonds. The largest absolute Gasteiger partial charge is 0.369 e. The third-order valence-corrected chi connectivity index (χ3v) is 7.45. The second kappa shape index (κ2) is 9.75. The minimum absolute atomic E-state index is 0.282. The van der Waals surface area contributed by atoms with E-state index in [1.807, 2.05) is 29.7 Å². The van der Waals surface area contributed by atoms with Gasteiger partial charge in [-0.25, -0.2) is 18.4 Å². The van der Waals surface area contributed by atoms with E-state index in [9.17, 15) is 13.6 Å². The molecule has 1 aromatic carbocycles. The third kappa shape index (κ3) is 5.26. The number of hydrogen-bond acceptors (Lipinski definition) is 7. The average Bonchev–Trinajstić information content (AvgIpc) is 2.72. The highest BCUT2D eigenvalue weighted by Crippen LogP contribution is 2.22. The van der Waals surface area contributed by atoms with Crippen LogP contribution in [0, 0.1) is 0 Å². The molecule has 0 radical (unpaired) electrons. The highest BCUT2D eigenvalue weighted by Gasteiger charge is 2.33. The summed E-state index contributed by atoms with van der Waals surface area (Å²) >= 11 is 3.42. The average molecular weight is 470 g/mol. The van der Waals surface area contributed by atoms with Crippen LogP contribution in [0.2, 0.25) is 0 Å². The van der Waals surface area contributed by atoms with Crippen molar-refractivity contribution >= 4 is 31.6 Å². The molecule has 1 saturated heterocycles. The van der Waals surface area contributed by atoms with Gasteiger partial charge < -0.3 is 10.1 Å². The minimum atomic E-state index is -3.64. The molecular weight excluding hydrogens is 446 g/mol. The van der Waals surface area contributed by atoms with Crippen molar-refractivity contribution in [2.75, 3.05) is 31.1 Å². The Morgan fingerprint density at radius 1 is 1.11 bits per heavy atom. The predicted molar refractivity (Wildman–Crippen MR) is 111 cm³/mol. The monoisotopic (exact) mass is 469 g/mol. The number of nitrogens with zero attached hydrogens (tertiary/aromatic N) is 4. The molecule has 1 aliphatic heterocycles. The number of anilines is 1. The van der Waals surface area contributed by atoms with Gasteiger partial charge in [-0.15, -0.1) is 0 Å². The van der Waals surface area contributed by atoms with E-state index < -0.39 is 15.4 Å². The standard InChI is InChI=1S/C18H24BrN5O3S/c19-15-5-7-16(8-6-15)23-11-13-24(14-12-23)28(26,27)18(22-25)4-1-3-17-20-9-2-10-21-17/h2,5-10,18,22,25H,1,3-4,11-14H2. The number of hydrogen-bond donors (Lipinski definition) is 2. The summed E-state index contributed by atoms with van der Waals surface area (Å²) in [6.07, 6.45) is 4.72. The summed E-state index contributed by atoms with van der Waals surface area (Å²) in [5, 5.41) is 8.41. The first-order chi connectivity index (χ1) is 13.5. The number of rotatable bonds is 8. The van der Waals surface area contributed by atoms with Crippen LogP contribution < -0.4 is 10.4 Å². The molecule has 1 aliphatic rings. The smallest absolute Gasteiger partial charge is 0.232 e. The lowest BCUT2D eigenvalue weighted by molar-refractivity contribution is 0.145. The number of aryl methyl sites for hydroxylation is 1. The Hall–Kier alpha value is -1.59. The van der Waals surface area contributed by atoms with Crippen molar-refractivity contribution < 1.29 is 13.6 Å². The van der Waals surface area contributed by atoms with Gasteiger partial charge in [0.1, 0.15) is 11.2 Å². The van der Waals surface area contributed by atoms with Crippen LogP contribution in [0.15, 0.2) is 47.2 Å². The molecule has 1 unspecified atom stereocenters. The maximum atomic E-state index is 12.9. The number of sulfonamides is 1. The second-order valence-corrected chi connectivity index (χ2v) is 9.61. The van der Waals surface area contributed by atoms with Crippen LogP contribution in [0.25, 0.3) is 0 Å². The molecule has 0 aliphatic carbocycles. The van der Waals surface area contributed by atoms with E-state index in [0.717, 1.165) is 10.2 Å². The highest BCUT2D eigenvalue weighted by molar-refractivity contribution is 9.10. The normalized spacial score (nSPS) is 16.9. The number of piperazine rings is 1. The Labute approximate surface area is 173 Å². The number of halogens is 1. The number of nitrogens with one attached hydrogen (secondary N) is 1. The summed E-state index contributed by atoms with van der Waals surface area (Å²) in [5.74, 6) is 0.666. The van der Waals surface area contributed by atoms with Crippen LogP contribution >= 0.6 is 15.9 Å². The van der Waals surface area contributed by atoms with Gasteiger partial charge in [-0.05, 0) is 43.2 Å². The summed E-state index contributed by atoms with van der Waals surface area (Å²) in [7, 11) is -3.64. The molecule has 0 saturated carbocycles. The van der Waals surface area contributed by atoms with Crippen LogP contribution in [0.4, 0.5) is 5.69 Å². The Morgan fingerprint density at radius 2 is 1.75 bits per heavy atom. The molecule has 10 heteroatoms. The van der Waals surface area contributed by atoms with E-state index in [-0.39, 0.29) is 6.42 Å². The molecule has 0 spiro atoms. The molecule has 1 aromatic heterocycles. The lowest BCUT2D eigenvalue weighted by Crippen LogP contribution is -2.53. The Balaban J connectivity index is 1.54.